The van der Waals surface area contributed by atoms with Crippen molar-refractivity contribution in [2.24, 2.45) is 0 Å². The van der Waals surface area contributed by atoms with Gasteiger partial charge in [0, 0.05) is 6.08 Å². The van der Waals surface area contributed by atoms with E-state index in [1.165, 1.54) is 5.57 Å². The first-order chi connectivity index (χ1) is 4.66. The molecule has 0 aromatic rings. The molecule has 0 fully saturated rings. The van der Waals surface area contributed by atoms with Gasteiger partial charge < -0.3 is 5.11 Å². The second-order valence-electron chi connectivity index (χ2n) is 2.06. The summed E-state index contributed by atoms with van der Waals surface area (Å²) in [7, 11) is 0. The zero-order chi connectivity index (χ0) is 7.98. The first-order valence-electron chi connectivity index (χ1n) is 3.23. The maximum atomic E-state index is 9.95. The number of hydrogen-bond donors (Lipinski definition) is 1. The standard InChI is InChI=1S/C8H12O2/c1-3-7(2)5-4-6-8(9)10/h4-6H,3H2,1-2H3,(H,9,10). The minimum Gasteiger partial charge on any atom is -0.478 e. The fraction of sp³-hybridized carbons (Fsp3) is 0.375. The quantitative estimate of drug-likeness (QED) is 0.480. The Labute approximate surface area is 60.9 Å². The summed E-state index contributed by atoms with van der Waals surface area (Å²) in [6.45, 7) is 3.99. The highest BCUT2D eigenvalue weighted by atomic mass is 16.4. The van der Waals surface area contributed by atoms with E-state index in [9.17, 15) is 4.79 Å². The Morgan fingerprint density at radius 2 is 2.20 bits per heavy atom. The van der Waals surface area contributed by atoms with E-state index in [0.717, 1.165) is 12.5 Å². The molecular weight excluding hydrogens is 128 g/mol. The van der Waals surface area contributed by atoms with E-state index in [2.05, 4.69) is 0 Å². The normalized spacial score (nSPS) is 12.4. The van der Waals surface area contributed by atoms with Crippen molar-refractivity contribution in [3.05, 3.63) is 23.8 Å². The summed E-state index contributed by atoms with van der Waals surface area (Å²) >= 11 is 0. The largest absolute Gasteiger partial charge is 0.478 e. The number of rotatable bonds is 3. The molecule has 2 heteroatoms. The van der Waals surface area contributed by atoms with Gasteiger partial charge in [-0.15, -0.1) is 0 Å². The van der Waals surface area contributed by atoms with E-state index in [-0.39, 0.29) is 0 Å². The lowest BCUT2D eigenvalue weighted by Crippen LogP contribution is -1.84. The van der Waals surface area contributed by atoms with Crippen molar-refractivity contribution < 1.29 is 9.90 Å². The Balaban J connectivity index is 3.82. The van der Waals surface area contributed by atoms with Crippen molar-refractivity contribution >= 4 is 5.97 Å². The fourth-order valence-electron chi connectivity index (χ4n) is 0.413. The van der Waals surface area contributed by atoms with Crippen LogP contribution in [0, 0.1) is 0 Å². The molecule has 1 N–H and O–H groups in total. The second kappa shape index (κ2) is 4.79. The van der Waals surface area contributed by atoms with Crippen molar-refractivity contribution in [2.45, 2.75) is 20.3 Å². The van der Waals surface area contributed by atoms with E-state index in [1.807, 2.05) is 13.8 Å². The zero-order valence-electron chi connectivity index (χ0n) is 6.29. The van der Waals surface area contributed by atoms with Crippen LogP contribution >= 0.6 is 0 Å². The van der Waals surface area contributed by atoms with Crippen LogP contribution in [0.1, 0.15) is 20.3 Å². The molecule has 0 heterocycles. The number of allylic oxidation sites excluding steroid dienone is 3. The highest BCUT2D eigenvalue weighted by Gasteiger charge is 1.82. The van der Waals surface area contributed by atoms with Gasteiger partial charge in [0.15, 0.2) is 0 Å². The molecule has 0 aromatic carbocycles. The number of carboxylic acids is 1. The molecule has 0 aliphatic rings. The molecular formula is C8H12O2. The lowest BCUT2D eigenvalue weighted by molar-refractivity contribution is -0.131. The Morgan fingerprint density at radius 3 is 2.60 bits per heavy atom. The van der Waals surface area contributed by atoms with Gasteiger partial charge in [0.05, 0.1) is 0 Å². The minimum absolute atomic E-state index is 0.903. The number of carboxylic acid groups (broad SMARTS) is 1. The molecule has 0 rings (SSSR count). The molecule has 0 bridgehead atoms. The summed E-state index contributed by atoms with van der Waals surface area (Å²) in [6.07, 6.45) is 5.43. The Hall–Kier alpha value is -1.05. The van der Waals surface area contributed by atoms with Gasteiger partial charge in [-0.05, 0) is 13.3 Å². The molecule has 0 amide bonds. The molecule has 0 aliphatic carbocycles. The highest BCUT2D eigenvalue weighted by molar-refractivity contribution is 5.80. The summed E-state index contributed by atoms with van der Waals surface area (Å²) in [5.41, 5.74) is 1.18. The topological polar surface area (TPSA) is 37.3 Å². The molecule has 2 nitrogen and oxygen atoms in total. The van der Waals surface area contributed by atoms with E-state index in [0.29, 0.717) is 0 Å². The SMILES string of the molecule is CCC(C)=CC=CC(=O)O. The molecule has 0 aromatic heterocycles. The van der Waals surface area contributed by atoms with E-state index < -0.39 is 5.97 Å². The van der Waals surface area contributed by atoms with Gasteiger partial charge in [-0.25, -0.2) is 4.79 Å². The lowest BCUT2D eigenvalue weighted by Gasteiger charge is -1.87. The van der Waals surface area contributed by atoms with E-state index in [4.69, 9.17) is 5.11 Å². The third kappa shape index (κ3) is 5.09. The monoisotopic (exact) mass is 140 g/mol. The Bertz CT molecular complexity index is 166. The molecule has 0 saturated heterocycles. The lowest BCUT2D eigenvalue weighted by atomic mass is 10.2. The molecule has 0 radical (unpaired) electrons. The summed E-state index contributed by atoms with van der Waals surface area (Å²) in [6, 6.07) is 0. The summed E-state index contributed by atoms with van der Waals surface area (Å²) < 4.78 is 0. The van der Waals surface area contributed by atoms with Crippen LogP contribution < -0.4 is 0 Å². The van der Waals surface area contributed by atoms with E-state index in [1.54, 1.807) is 12.2 Å². The predicted octanol–water partition coefficient (Wildman–Crippen LogP) is 1.98. The minimum atomic E-state index is -0.903. The van der Waals surface area contributed by atoms with Gasteiger partial charge in [-0.1, -0.05) is 24.6 Å². The van der Waals surface area contributed by atoms with Crippen LogP contribution in [0.5, 0.6) is 0 Å². The summed E-state index contributed by atoms with van der Waals surface area (Å²) in [5, 5.41) is 8.18. The number of aliphatic carboxylic acids is 1. The van der Waals surface area contributed by atoms with Gasteiger partial charge >= 0.3 is 5.97 Å². The maximum absolute atomic E-state index is 9.95. The Morgan fingerprint density at radius 1 is 1.60 bits per heavy atom. The highest BCUT2D eigenvalue weighted by Crippen LogP contribution is 1.96. The first-order valence-corrected chi connectivity index (χ1v) is 3.23. The summed E-state index contributed by atoms with van der Waals surface area (Å²) in [4.78, 5) is 9.95. The van der Waals surface area contributed by atoms with Crippen molar-refractivity contribution in [1.82, 2.24) is 0 Å². The molecule has 0 atom stereocenters. The third-order valence-corrected chi connectivity index (χ3v) is 1.18. The number of hydrogen-bond acceptors (Lipinski definition) is 1. The van der Waals surface area contributed by atoms with Crippen LogP contribution in [0.15, 0.2) is 23.8 Å². The van der Waals surface area contributed by atoms with Gasteiger partial charge in [-0.3, -0.25) is 0 Å². The van der Waals surface area contributed by atoms with Crippen LogP contribution in [0.4, 0.5) is 0 Å². The van der Waals surface area contributed by atoms with Crippen LogP contribution in [0.3, 0.4) is 0 Å². The second-order valence-corrected chi connectivity index (χ2v) is 2.06. The molecule has 0 spiro atoms. The van der Waals surface area contributed by atoms with Crippen LogP contribution in [-0.2, 0) is 4.79 Å². The van der Waals surface area contributed by atoms with Crippen molar-refractivity contribution in [3.8, 4) is 0 Å². The maximum Gasteiger partial charge on any atom is 0.328 e. The fourth-order valence-corrected chi connectivity index (χ4v) is 0.413. The van der Waals surface area contributed by atoms with Crippen molar-refractivity contribution in [3.63, 3.8) is 0 Å². The van der Waals surface area contributed by atoms with Crippen LogP contribution in [0.2, 0.25) is 0 Å². The third-order valence-electron chi connectivity index (χ3n) is 1.18. The molecule has 0 aliphatic heterocycles. The van der Waals surface area contributed by atoms with Crippen LogP contribution in [-0.4, -0.2) is 11.1 Å². The van der Waals surface area contributed by atoms with Gasteiger partial charge in [0.1, 0.15) is 0 Å². The predicted molar refractivity (Wildman–Crippen MR) is 40.8 cm³/mol. The summed E-state index contributed by atoms with van der Waals surface area (Å²) in [5.74, 6) is -0.903. The van der Waals surface area contributed by atoms with Crippen molar-refractivity contribution in [2.75, 3.05) is 0 Å². The average molecular weight is 140 g/mol. The Kier molecular flexibility index (Phi) is 4.29. The van der Waals surface area contributed by atoms with Gasteiger partial charge in [0.2, 0.25) is 0 Å². The molecule has 56 valence electrons. The van der Waals surface area contributed by atoms with E-state index >= 15 is 0 Å². The smallest absolute Gasteiger partial charge is 0.328 e. The first kappa shape index (κ1) is 8.95. The van der Waals surface area contributed by atoms with Gasteiger partial charge in [0.25, 0.3) is 0 Å². The van der Waals surface area contributed by atoms with Crippen molar-refractivity contribution in [1.29, 1.82) is 0 Å². The van der Waals surface area contributed by atoms with Gasteiger partial charge in [-0.2, -0.15) is 0 Å². The molecule has 0 unspecified atom stereocenters. The zero-order valence-corrected chi connectivity index (χ0v) is 6.29. The van der Waals surface area contributed by atoms with Crippen LogP contribution in [0.25, 0.3) is 0 Å². The number of carbonyl (C=O) groups is 1. The molecule has 10 heavy (non-hydrogen) atoms. The molecule has 0 saturated carbocycles. The average Bonchev–Trinajstić information content (AvgIpc) is 1.87.